The van der Waals surface area contributed by atoms with Gasteiger partial charge in [-0.15, -0.1) is 0 Å². The van der Waals surface area contributed by atoms with Gasteiger partial charge in [-0.05, 0) is 35.9 Å². The third-order valence-corrected chi connectivity index (χ3v) is 4.78. The van der Waals surface area contributed by atoms with E-state index in [9.17, 15) is 14.7 Å². The lowest BCUT2D eigenvalue weighted by Crippen LogP contribution is -2.07. The molecule has 10 nitrogen and oxygen atoms in total. The Bertz CT molecular complexity index is 1380. The monoisotopic (exact) mass is 456 g/mol. The Kier molecular flexibility index (Phi) is 6.31. The van der Waals surface area contributed by atoms with Crippen LogP contribution in [-0.2, 0) is 11.3 Å². The molecule has 0 atom stereocenters. The van der Waals surface area contributed by atoms with Crippen LogP contribution in [0, 0.1) is 0 Å². The zero-order valence-corrected chi connectivity index (χ0v) is 17.9. The van der Waals surface area contributed by atoms with Crippen molar-refractivity contribution in [3.8, 4) is 22.8 Å². The fourth-order valence-corrected chi connectivity index (χ4v) is 3.24. The number of nitrogen functional groups attached to an aromatic ring is 1. The number of hydrogen-bond acceptors (Lipinski definition) is 7. The molecule has 0 radical (unpaired) electrons. The third-order valence-electron chi connectivity index (χ3n) is 4.78. The first kappa shape index (κ1) is 22.2. The minimum atomic E-state index is -0.993. The van der Waals surface area contributed by atoms with E-state index in [1.54, 1.807) is 53.5 Å². The summed E-state index contributed by atoms with van der Waals surface area (Å²) in [7, 11) is 0. The molecule has 0 aliphatic carbocycles. The van der Waals surface area contributed by atoms with Gasteiger partial charge in [0.15, 0.2) is 0 Å². The highest BCUT2D eigenvalue weighted by molar-refractivity contribution is 5.99. The maximum absolute atomic E-state index is 11.6. The Labute approximate surface area is 194 Å². The highest BCUT2D eigenvalue weighted by atomic mass is 16.5. The van der Waals surface area contributed by atoms with Crippen LogP contribution in [0.3, 0.4) is 0 Å². The number of aromatic nitrogens is 4. The number of carboxylic acid groups (broad SMARTS) is 1. The van der Waals surface area contributed by atoms with Gasteiger partial charge in [-0.1, -0.05) is 24.8 Å². The van der Waals surface area contributed by atoms with E-state index >= 15 is 0 Å². The number of aromatic carboxylic acids is 1. The number of anilines is 2. The smallest absolute Gasteiger partial charge is 0.335 e. The van der Waals surface area contributed by atoms with Crippen LogP contribution in [0.4, 0.5) is 11.5 Å². The van der Waals surface area contributed by atoms with Crippen molar-refractivity contribution < 1.29 is 19.4 Å². The molecule has 4 rings (SSSR count). The van der Waals surface area contributed by atoms with E-state index in [1.165, 1.54) is 18.5 Å². The molecule has 2 aromatic heterocycles. The lowest BCUT2D eigenvalue weighted by atomic mass is 10.1. The Hall–Kier alpha value is -4.99. The maximum atomic E-state index is 11.6. The molecule has 0 aliphatic heterocycles. The van der Waals surface area contributed by atoms with E-state index in [1.807, 2.05) is 6.07 Å². The number of amides is 1. The third kappa shape index (κ3) is 5.07. The number of nitrogens with one attached hydrogen (secondary N) is 1. The summed E-state index contributed by atoms with van der Waals surface area (Å²) in [6.07, 6.45) is 5.81. The number of ether oxygens (including phenoxy) is 1. The van der Waals surface area contributed by atoms with Gasteiger partial charge in [0.2, 0.25) is 11.8 Å². The quantitative estimate of drug-likeness (QED) is 0.341. The minimum Gasteiger partial charge on any atom is -0.478 e. The number of carbonyl (C=O) groups is 2. The van der Waals surface area contributed by atoms with Gasteiger partial charge in [0.05, 0.1) is 23.9 Å². The van der Waals surface area contributed by atoms with Gasteiger partial charge in [-0.3, -0.25) is 9.48 Å². The van der Waals surface area contributed by atoms with Gasteiger partial charge in [-0.25, -0.2) is 14.8 Å². The van der Waals surface area contributed by atoms with Gasteiger partial charge < -0.3 is 20.9 Å². The molecule has 4 aromatic rings. The van der Waals surface area contributed by atoms with Crippen LogP contribution >= 0.6 is 0 Å². The molecule has 34 heavy (non-hydrogen) atoms. The summed E-state index contributed by atoms with van der Waals surface area (Å²) in [4.78, 5) is 31.1. The largest absolute Gasteiger partial charge is 0.478 e. The molecule has 0 saturated heterocycles. The van der Waals surface area contributed by atoms with Gasteiger partial charge in [0, 0.05) is 23.5 Å². The standard InChI is InChI=1S/C24H20N6O4/c1-2-20(31)29-18-7-4-8-19(10-18)34-23-21(22(25)26-14-27-23)17-11-28-30(13-17)12-15-5-3-6-16(9-15)24(32)33/h2-11,13-14H,1,12H2,(H,29,31)(H,32,33)(H2,25,26,27). The maximum Gasteiger partial charge on any atom is 0.335 e. The average Bonchev–Trinajstić information content (AvgIpc) is 3.27. The average molecular weight is 456 g/mol. The molecular formula is C24H20N6O4. The number of benzene rings is 2. The van der Waals surface area contributed by atoms with Crippen LogP contribution in [0.1, 0.15) is 15.9 Å². The number of nitrogens with zero attached hydrogens (tertiary/aromatic N) is 4. The number of carboxylic acids is 1. The van der Waals surface area contributed by atoms with E-state index in [2.05, 4.69) is 27.0 Å². The Morgan fingerprint density at radius 3 is 2.79 bits per heavy atom. The lowest BCUT2D eigenvalue weighted by Gasteiger charge is -2.11. The highest BCUT2D eigenvalue weighted by Gasteiger charge is 2.16. The van der Waals surface area contributed by atoms with Gasteiger partial charge in [0.1, 0.15) is 17.9 Å². The second kappa shape index (κ2) is 9.65. The van der Waals surface area contributed by atoms with Crippen molar-refractivity contribution in [1.82, 2.24) is 19.7 Å². The van der Waals surface area contributed by atoms with E-state index in [-0.39, 0.29) is 23.2 Å². The summed E-state index contributed by atoms with van der Waals surface area (Å²) in [5, 5.41) is 16.2. The number of carbonyl (C=O) groups excluding carboxylic acids is 1. The van der Waals surface area contributed by atoms with Crippen LogP contribution in [0.2, 0.25) is 0 Å². The number of nitrogens with two attached hydrogens (primary N) is 1. The molecule has 0 bridgehead atoms. The molecule has 10 heteroatoms. The zero-order valence-electron chi connectivity index (χ0n) is 17.9. The SMILES string of the molecule is C=CC(=O)Nc1cccc(Oc2ncnc(N)c2-c2cnn(Cc3cccc(C(=O)O)c3)c2)c1. The molecule has 0 fully saturated rings. The van der Waals surface area contributed by atoms with Crippen LogP contribution in [0.15, 0.2) is 79.9 Å². The Morgan fingerprint density at radius 1 is 1.18 bits per heavy atom. The molecule has 0 aliphatic rings. The first-order chi connectivity index (χ1) is 16.4. The first-order valence-electron chi connectivity index (χ1n) is 10.1. The second-order valence-corrected chi connectivity index (χ2v) is 7.19. The fraction of sp³-hybridized carbons (Fsp3) is 0.0417. The summed E-state index contributed by atoms with van der Waals surface area (Å²) in [5.74, 6) is -0.489. The summed E-state index contributed by atoms with van der Waals surface area (Å²) in [5.41, 5.74) is 8.72. The molecule has 2 aromatic carbocycles. The van der Waals surface area contributed by atoms with Crippen molar-refractivity contribution in [1.29, 1.82) is 0 Å². The topological polar surface area (TPSA) is 145 Å². The summed E-state index contributed by atoms with van der Waals surface area (Å²) in [6, 6.07) is 13.4. The molecule has 0 spiro atoms. The second-order valence-electron chi connectivity index (χ2n) is 7.19. The number of hydrogen-bond donors (Lipinski definition) is 3. The normalized spacial score (nSPS) is 10.5. The predicted octanol–water partition coefficient (Wildman–Crippen LogP) is 3.59. The van der Waals surface area contributed by atoms with E-state index in [0.717, 1.165) is 5.56 Å². The van der Waals surface area contributed by atoms with Gasteiger partial charge >= 0.3 is 5.97 Å². The molecule has 0 unspecified atom stereocenters. The molecule has 0 saturated carbocycles. The summed E-state index contributed by atoms with van der Waals surface area (Å²) < 4.78 is 7.61. The van der Waals surface area contributed by atoms with Crippen LogP contribution in [0.25, 0.3) is 11.1 Å². The van der Waals surface area contributed by atoms with E-state index in [0.29, 0.717) is 29.1 Å². The van der Waals surface area contributed by atoms with Gasteiger partial charge in [0.25, 0.3) is 0 Å². The van der Waals surface area contributed by atoms with Crippen molar-refractivity contribution >= 4 is 23.4 Å². The molecular weight excluding hydrogens is 436 g/mol. The van der Waals surface area contributed by atoms with Crippen molar-refractivity contribution in [2.45, 2.75) is 6.54 Å². The molecule has 2 heterocycles. The van der Waals surface area contributed by atoms with Crippen molar-refractivity contribution in [3.05, 3.63) is 91.0 Å². The molecule has 1 amide bonds. The summed E-state index contributed by atoms with van der Waals surface area (Å²) >= 11 is 0. The molecule has 4 N–H and O–H groups in total. The van der Waals surface area contributed by atoms with Crippen LogP contribution in [0.5, 0.6) is 11.6 Å². The van der Waals surface area contributed by atoms with E-state index in [4.69, 9.17) is 10.5 Å². The first-order valence-corrected chi connectivity index (χ1v) is 10.1. The minimum absolute atomic E-state index is 0.202. The predicted molar refractivity (Wildman–Crippen MR) is 126 cm³/mol. The van der Waals surface area contributed by atoms with Gasteiger partial charge in [-0.2, -0.15) is 5.10 Å². The number of rotatable bonds is 8. The Morgan fingerprint density at radius 2 is 2.00 bits per heavy atom. The lowest BCUT2D eigenvalue weighted by molar-refractivity contribution is -0.111. The summed E-state index contributed by atoms with van der Waals surface area (Å²) in [6.45, 7) is 3.79. The Balaban J connectivity index is 1.60. The van der Waals surface area contributed by atoms with Crippen molar-refractivity contribution in [2.24, 2.45) is 0 Å². The van der Waals surface area contributed by atoms with Crippen LogP contribution < -0.4 is 15.8 Å². The fourth-order valence-electron chi connectivity index (χ4n) is 3.24. The highest BCUT2D eigenvalue weighted by Crippen LogP contribution is 2.35. The molecule has 170 valence electrons. The zero-order chi connectivity index (χ0) is 24.1. The van der Waals surface area contributed by atoms with E-state index < -0.39 is 5.97 Å². The van der Waals surface area contributed by atoms with Crippen molar-refractivity contribution in [2.75, 3.05) is 11.1 Å². The van der Waals surface area contributed by atoms with Crippen molar-refractivity contribution in [3.63, 3.8) is 0 Å². The van der Waals surface area contributed by atoms with Crippen LogP contribution in [-0.4, -0.2) is 36.7 Å².